The maximum Gasteiger partial charge on any atom is 0.163 e. The third kappa shape index (κ3) is 4.35. The van der Waals surface area contributed by atoms with Crippen molar-refractivity contribution < 1.29 is 9.47 Å². The first-order valence-electron chi connectivity index (χ1n) is 6.34. The number of nitrogen functional groups attached to an aromatic ring is 2. The van der Waals surface area contributed by atoms with Crippen molar-refractivity contribution in [2.24, 2.45) is 11.8 Å². The van der Waals surface area contributed by atoms with Crippen molar-refractivity contribution in [3.8, 4) is 11.5 Å². The van der Waals surface area contributed by atoms with Gasteiger partial charge in [0.1, 0.15) is 0 Å². The molecule has 0 atom stereocenters. The van der Waals surface area contributed by atoms with Crippen molar-refractivity contribution in [3.63, 3.8) is 0 Å². The van der Waals surface area contributed by atoms with Gasteiger partial charge in [-0.1, -0.05) is 27.7 Å². The van der Waals surface area contributed by atoms with E-state index >= 15 is 0 Å². The Morgan fingerprint density at radius 1 is 0.833 bits per heavy atom. The lowest BCUT2D eigenvalue weighted by Gasteiger charge is -2.16. The zero-order chi connectivity index (χ0) is 13.7. The minimum absolute atomic E-state index is 0.446. The third-order valence-electron chi connectivity index (χ3n) is 2.29. The molecule has 1 rings (SSSR count). The van der Waals surface area contributed by atoms with Crippen LogP contribution < -0.4 is 20.9 Å². The number of hydrogen-bond donors (Lipinski definition) is 2. The molecule has 0 aliphatic carbocycles. The summed E-state index contributed by atoms with van der Waals surface area (Å²) < 4.78 is 11.4. The average Bonchev–Trinajstić information content (AvgIpc) is 2.28. The van der Waals surface area contributed by atoms with Crippen LogP contribution in [-0.2, 0) is 0 Å². The summed E-state index contributed by atoms with van der Waals surface area (Å²) in [7, 11) is 0. The van der Waals surface area contributed by atoms with Gasteiger partial charge in [-0.2, -0.15) is 0 Å². The summed E-state index contributed by atoms with van der Waals surface area (Å²) in [6, 6.07) is 3.46. The van der Waals surface area contributed by atoms with E-state index in [4.69, 9.17) is 20.9 Å². The number of benzene rings is 1. The van der Waals surface area contributed by atoms with Crippen LogP contribution in [0.5, 0.6) is 11.5 Å². The van der Waals surface area contributed by atoms with Crippen LogP contribution in [0.3, 0.4) is 0 Å². The van der Waals surface area contributed by atoms with E-state index in [1.165, 1.54) is 0 Å². The molecule has 102 valence electrons. The van der Waals surface area contributed by atoms with Gasteiger partial charge >= 0.3 is 0 Å². The number of ether oxygens (including phenoxy) is 2. The Morgan fingerprint density at radius 3 is 1.44 bits per heavy atom. The van der Waals surface area contributed by atoms with E-state index in [0.29, 0.717) is 47.9 Å². The lowest BCUT2D eigenvalue weighted by molar-refractivity contribution is 0.229. The maximum atomic E-state index is 5.79. The van der Waals surface area contributed by atoms with E-state index in [1.54, 1.807) is 12.1 Å². The van der Waals surface area contributed by atoms with Crippen molar-refractivity contribution in [2.45, 2.75) is 27.7 Å². The first-order chi connectivity index (χ1) is 8.40. The number of anilines is 2. The van der Waals surface area contributed by atoms with Crippen molar-refractivity contribution in [1.29, 1.82) is 0 Å². The summed E-state index contributed by atoms with van der Waals surface area (Å²) in [6.45, 7) is 9.62. The highest BCUT2D eigenvalue weighted by atomic mass is 16.5. The molecule has 0 amide bonds. The van der Waals surface area contributed by atoms with Crippen LogP contribution in [0.4, 0.5) is 11.4 Å². The molecule has 4 heteroatoms. The van der Waals surface area contributed by atoms with Crippen LogP contribution in [0.2, 0.25) is 0 Å². The fraction of sp³-hybridized carbons (Fsp3) is 0.571. The molecule has 0 aromatic heterocycles. The highest BCUT2D eigenvalue weighted by Crippen LogP contribution is 2.34. The van der Waals surface area contributed by atoms with Crippen LogP contribution >= 0.6 is 0 Å². The first kappa shape index (κ1) is 14.5. The quantitative estimate of drug-likeness (QED) is 0.764. The minimum Gasteiger partial charge on any atom is -0.489 e. The highest BCUT2D eigenvalue weighted by Gasteiger charge is 2.10. The molecule has 18 heavy (non-hydrogen) atoms. The van der Waals surface area contributed by atoms with Crippen molar-refractivity contribution in [1.82, 2.24) is 0 Å². The third-order valence-corrected chi connectivity index (χ3v) is 2.29. The van der Waals surface area contributed by atoms with Crippen molar-refractivity contribution in [2.75, 3.05) is 24.7 Å². The number of hydrogen-bond acceptors (Lipinski definition) is 4. The molecule has 4 nitrogen and oxygen atoms in total. The van der Waals surface area contributed by atoms with Gasteiger partial charge in [-0.25, -0.2) is 0 Å². The topological polar surface area (TPSA) is 70.5 Å². The van der Waals surface area contributed by atoms with Gasteiger partial charge in [0.2, 0.25) is 0 Å². The molecule has 0 saturated carbocycles. The molecule has 0 bridgehead atoms. The van der Waals surface area contributed by atoms with Gasteiger partial charge in [0, 0.05) is 12.1 Å². The molecule has 0 spiro atoms. The average molecular weight is 252 g/mol. The standard InChI is InChI=1S/C14H24N2O2/c1-9(2)7-17-13-5-11(15)12(16)6-14(13)18-8-10(3)4/h5-6,9-10H,7-8,15-16H2,1-4H3. The lowest BCUT2D eigenvalue weighted by atomic mass is 10.2. The Balaban J connectivity index is 2.86. The summed E-state index contributed by atoms with van der Waals surface area (Å²) in [5, 5.41) is 0. The lowest BCUT2D eigenvalue weighted by Crippen LogP contribution is -2.10. The highest BCUT2D eigenvalue weighted by molar-refractivity contribution is 5.69. The summed E-state index contributed by atoms with van der Waals surface area (Å²) in [6.07, 6.45) is 0. The summed E-state index contributed by atoms with van der Waals surface area (Å²) in [4.78, 5) is 0. The second-order valence-corrected chi connectivity index (χ2v) is 5.34. The molecule has 1 aromatic rings. The number of nitrogens with two attached hydrogens (primary N) is 2. The Bertz CT molecular complexity index is 353. The second-order valence-electron chi connectivity index (χ2n) is 5.34. The van der Waals surface area contributed by atoms with Gasteiger partial charge in [0.05, 0.1) is 24.6 Å². The zero-order valence-electron chi connectivity index (χ0n) is 11.7. The predicted octanol–water partition coefficient (Wildman–Crippen LogP) is 2.92. The Labute approximate surface area is 109 Å². The van der Waals surface area contributed by atoms with Crippen molar-refractivity contribution >= 4 is 11.4 Å². The minimum atomic E-state index is 0.446. The SMILES string of the molecule is CC(C)COc1cc(N)c(N)cc1OCC(C)C. The zero-order valence-corrected chi connectivity index (χ0v) is 11.7. The van der Waals surface area contributed by atoms with E-state index in [0.717, 1.165) is 0 Å². The van der Waals surface area contributed by atoms with Crippen LogP contribution in [0.15, 0.2) is 12.1 Å². The van der Waals surface area contributed by atoms with Gasteiger partial charge in [0.25, 0.3) is 0 Å². The smallest absolute Gasteiger partial charge is 0.163 e. The van der Waals surface area contributed by atoms with E-state index in [9.17, 15) is 0 Å². The summed E-state index contributed by atoms with van der Waals surface area (Å²) in [5.41, 5.74) is 12.6. The first-order valence-corrected chi connectivity index (χ1v) is 6.34. The fourth-order valence-electron chi connectivity index (χ4n) is 1.33. The second kappa shape index (κ2) is 6.38. The molecular weight excluding hydrogens is 228 g/mol. The fourth-order valence-corrected chi connectivity index (χ4v) is 1.33. The Morgan fingerprint density at radius 2 is 1.17 bits per heavy atom. The van der Waals surface area contributed by atoms with E-state index < -0.39 is 0 Å². The van der Waals surface area contributed by atoms with Crippen LogP contribution in [0.1, 0.15) is 27.7 Å². The molecule has 0 saturated heterocycles. The molecule has 4 N–H and O–H groups in total. The summed E-state index contributed by atoms with van der Waals surface area (Å²) in [5.74, 6) is 2.22. The van der Waals surface area contributed by atoms with Crippen LogP contribution in [0.25, 0.3) is 0 Å². The molecule has 0 radical (unpaired) electrons. The van der Waals surface area contributed by atoms with E-state index in [-0.39, 0.29) is 0 Å². The Hall–Kier alpha value is -1.58. The summed E-state index contributed by atoms with van der Waals surface area (Å²) >= 11 is 0. The van der Waals surface area contributed by atoms with Crippen molar-refractivity contribution in [3.05, 3.63) is 12.1 Å². The van der Waals surface area contributed by atoms with Gasteiger partial charge in [-0.05, 0) is 11.8 Å². The molecular formula is C14H24N2O2. The molecule has 0 unspecified atom stereocenters. The molecule has 0 fully saturated rings. The van der Waals surface area contributed by atoms with Crippen LogP contribution in [0, 0.1) is 11.8 Å². The number of rotatable bonds is 6. The van der Waals surface area contributed by atoms with Gasteiger partial charge < -0.3 is 20.9 Å². The Kier molecular flexibility index (Phi) is 5.13. The van der Waals surface area contributed by atoms with E-state index in [2.05, 4.69) is 27.7 Å². The van der Waals surface area contributed by atoms with Crippen LogP contribution in [-0.4, -0.2) is 13.2 Å². The van der Waals surface area contributed by atoms with Gasteiger partial charge in [0.15, 0.2) is 11.5 Å². The monoisotopic (exact) mass is 252 g/mol. The molecule has 0 aliphatic rings. The molecule has 1 aromatic carbocycles. The van der Waals surface area contributed by atoms with Gasteiger partial charge in [-0.15, -0.1) is 0 Å². The maximum absolute atomic E-state index is 5.79. The molecule has 0 heterocycles. The molecule has 0 aliphatic heterocycles. The normalized spacial score (nSPS) is 11.0. The van der Waals surface area contributed by atoms with Gasteiger partial charge in [-0.3, -0.25) is 0 Å². The largest absolute Gasteiger partial charge is 0.489 e. The van der Waals surface area contributed by atoms with E-state index in [1.807, 2.05) is 0 Å². The predicted molar refractivity (Wildman–Crippen MR) is 75.9 cm³/mol.